The molecule has 158 valence electrons. The third-order valence-electron chi connectivity index (χ3n) is 4.64. The minimum atomic E-state index is -0.647. The van der Waals surface area contributed by atoms with Gasteiger partial charge in [0.05, 0.1) is 31.0 Å². The molecule has 0 unspecified atom stereocenters. The fourth-order valence-corrected chi connectivity index (χ4v) is 3.24. The third kappa shape index (κ3) is 4.89. The Bertz CT molecular complexity index is 929. The highest BCUT2D eigenvalue weighted by molar-refractivity contribution is 6.01. The van der Waals surface area contributed by atoms with E-state index in [1.807, 2.05) is 6.92 Å². The van der Waals surface area contributed by atoms with Gasteiger partial charge in [0.1, 0.15) is 11.5 Å². The number of carbonyl (C=O) groups excluding carboxylic acids is 3. The van der Waals surface area contributed by atoms with Crippen LogP contribution in [0, 0.1) is 5.92 Å². The van der Waals surface area contributed by atoms with Crippen molar-refractivity contribution < 1.29 is 28.6 Å². The number of carbonyl (C=O) groups is 3. The monoisotopic (exact) mass is 412 g/mol. The van der Waals surface area contributed by atoms with Crippen LogP contribution < -0.4 is 19.7 Å². The molecular weight excluding hydrogens is 388 g/mol. The van der Waals surface area contributed by atoms with Gasteiger partial charge < -0.3 is 24.4 Å². The number of amides is 2. The summed E-state index contributed by atoms with van der Waals surface area (Å²) in [6, 6.07) is 14.1. The maximum absolute atomic E-state index is 12.4. The quantitative estimate of drug-likeness (QED) is 0.670. The molecule has 1 aliphatic rings. The maximum Gasteiger partial charge on any atom is 0.311 e. The van der Waals surface area contributed by atoms with Crippen molar-refractivity contribution in [3.8, 4) is 11.5 Å². The molecule has 1 fully saturated rings. The van der Waals surface area contributed by atoms with Crippen molar-refractivity contribution in [3.63, 3.8) is 0 Å². The molecule has 0 spiro atoms. The van der Waals surface area contributed by atoms with Crippen molar-refractivity contribution in [2.24, 2.45) is 5.92 Å². The molecule has 3 rings (SSSR count). The van der Waals surface area contributed by atoms with E-state index in [1.165, 1.54) is 12.0 Å². The fourth-order valence-electron chi connectivity index (χ4n) is 3.24. The van der Waals surface area contributed by atoms with Gasteiger partial charge in [-0.1, -0.05) is 24.3 Å². The number of ether oxygens (including phenoxy) is 3. The first-order valence-corrected chi connectivity index (χ1v) is 9.65. The second kappa shape index (κ2) is 9.78. The fraction of sp³-hybridized carbons (Fsp3) is 0.318. The first kappa shape index (κ1) is 21.2. The minimum absolute atomic E-state index is 0.0195. The molecule has 1 aliphatic heterocycles. The van der Waals surface area contributed by atoms with Crippen molar-refractivity contribution in [3.05, 3.63) is 48.5 Å². The first-order chi connectivity index (χ1) is 14.5. The Morgan fingerprint density at radius 3 is 2.53 bits per heavy atom. The molecule has 8 nitrogen and oxygen atoms in total. The Balaban J connectivity index is 1.55. The van der Waals surface area contributed by atoms with Crippen molar-refractivity contribution in [1.82, 2.24) is 0 Å². The minimum Gasteiger partial charge on any atom is -0.495 e. The topological polar surface area (TPSA) is 94.2 Å². The zero-order valence-electron chi connectivity index (χ0n) is 16.9. The highest BCUT2D eigenvalue weighted by atomic mass is 16.5. The smallest absolute Gasteiger partial charge is 0.311 e. The Hall–Kier alpha value is -3.55. The van der Waals surface area contributed by atoms with Gasteiger partial charge in [0.15, 0.2) is 6.61 Å². The second-order valence-electron chi connectivity index (χ2n) is 6.66. The van der Waals surface area contributed by atoms with Crippen LogP contribution in [0.5, 0.6) is 11.5 Å². The maximum atomic E-state index is 12.4. The second-order valence-corrected chi connectivity index (χ2v) is 6.66. The van der Waals surface area contributed by atoms with Crippen LogP contribution in [0.1, 0.15) is 13.3 Å². The number of nitrogens with zero attached hydrogens (tertiary/aromatic N) is 1. The summed E-state index contributed by atoms with van der Waals surface area (Å²) in [6.45, 7) is 2.03. The van der Waals surface area contributed by atoms with Gasteiger partial charge in [-0.15, -0.1) is 0 Å². The summed E-state index contributed by atoms with van der Waals surface area (Å²) in [7, 11) is 1.52. The van der Waals surface area contributed by atoms with Gasteiger partial charge in [0, 0.05) is 13.0 Å². The number of methoxy groups -OCH3 is 1. The molecule has 1 N–H and O–H groups in total. The molecule has 0 aromatic heterocycles. The van der Waals surface area contributed by atoms with Crippen LogP contribution in [0.25, 0.3) is 0 Å². The molecule has 0 aliphatic carbocycles. The zero-order valence-corrected chi connectivity index (χ0v) is 16.9. The summed E-state index contributed by atoms with van der Waals surface area (Å²) >= 11 is 0. The molecule has 0 saturated carbocycles. The van der Waals surface area contributed by atoms with E-state index in [2.05, 4.69) is 5.32 Å². The number of nitrogens with one attached hydrogen (secondary N) is 1. The summed E-state index contributed by atoms with van der Waals surface area (Å²) in [5, 5.41) is 2.66. The molecule has 2 aromatic carbocycles. The molecule has 0 radical (unpaired) electrons. The molecule has 30 heavy (non-hydrogen) atoms. The van der Waals surface area contributed by atoms with Crippen molar-refractivity contribution >= 4 is 29.2 Å². The van der Waals surface area contributed by atoms with E-state index in [0.717, 1.165) is 0 Å². The number of anilines is 2. The van der Waals surface area contributed by atoms with Crippen LogP contribution in [-0.2, 0) is 19.1 Å². The van der Waals surface area contributed by atoms with Gasteiger partial charge in [0.25, 0.3) is 5.91 Å². The van der Waals surface area contributed by atoms with Crippen molar-refractivity contribution in [2.45, 2.75) is 13.3 Å². The molecule has 0 bridgehead atoms. The van der Waals surface area contributed by atoms with E-state index in [-0.39, 0.29) is 18.9 Å². The van der Waals surface area contributed by atoms with Gasteiger partial charge in [-0.25, -0.2) is 0 Å². The first-order valence-electron chi connectivity index (χ1n) is 9.65. The lowest BCUT2D eigenvalue weighted by Gasteiger charge is -2.19. The lowest BCUT2D eigenvalue weighted by Crippen LogP contribution is -2.28. The molecule has 2 amide bonds. The van der Waals surface area contributed by atoms with E-state index in [1.54, 1.807) is 48.5 Å². The Kier molecular flexibility index (Phi) is 6.90. The van der Waals surface area contributed by atoms with Crippen LogP contribution in [0.3, 0.4) is 0 Å². The largest absolute Gasteiger partial charge is 0.495 e. The third-order valence-corrected chi connectivity index (χ3v) is 4.64. The van der Waals surface area contributed by atoms with E-state index in [9.17, 15) is 14.4 Å². The molecular formula is C22H24N2O6. The van der Waals surface area contributed by atoms with Gasteiger partial charge in [-0.05, 0) is 31.2 Å². The van der Waals surface area contributed by atoms with Crippen LogP contribution in [-0.4, -0.2) is 44.7 Å². The van der Waals surface area contributed by atoms with Crippen LogP contribution in [0.15, 0.2) is 48.5 Å². The zero-order chi connectivity index (χ0) is 21.5. The molecule has 1 heterocycles. The summed E-state index contributed by atoms with van der Waals surface area (Å²) in [4.78, 5) is 38.5. The number of esters is 1. The van der Waals surface area contributed by atoms with E-state index < -0.39 is 24.4 Å². The average molecular weight is 412 g/mol. The predicted octanol–water partition coefficient (Wildman–Crippen LogP) is 2.63. The number of hydrogen-bond acceptors (Lipinski definition) is 6. The number of benzene rings is 2. The van der Waals surface area contributed by atoms with Crippen LogP contribution >= 0.6 is 0 Å². The van der Waals surface area contributed by atoms with Crippen LogP contribution in [0.4, 0.5) is 11.4 Å². The average Bonchev–Trinajstić information content (AvgIpc) is 3.15. The lowest BCUT2D eigenvalue weighted by molar-refractivity contribution is -0.151. The van der Waals surface area contributed by atoms with E-state index in [0.29, 0.717) is 29.5 Å². The molecule has 2 aromatic rings. The number of para-hydroxylation sites is 4. The van der Waals surface area contributed by atoms with Gasteiger partial charge >= 0.3 is 5.97 Å². The summed E-state index contributed by atoms with van der Waals surface area (Å²) < 4.78 is 15.9. The van der Waals surface area contributed by atoms with E-state index >= 15 is 0 Å². The normalized spacial score (nSPS) is 15.6. The summed E-state index contributed by atoms with van der Waals surface area (Å²) in [5.41, 5.74) is 1.10. The highest BCUT2D eigenvalue weighted by Crippen LogP contribution is 2.33. The van der Waals surface area contributed by atoms with Gasteiger partial charge in [-0.3, -0.25) is 14.4 Å². The summed E-state index contributed by atoms with van der Waals surface area (Å²) in [5.74, 6) is -0.835. The van der Waals surface area contributed by atoms with Crippen molar-refractivity contribution in [2.75, 3.05) is 37.1 Å². The molecule has 1 atom stereocenters. The molecule has 8 heteroatoms. The predicted molar refractivity (Wildman–Crippen MR) is 111 cm³/mol. The highest BCUT2D eigenvalue weighted by Gasteiger charge is 2.37. The Morgan fingerprint density at radius 2 is 1.80 bits per heavy atom. The number of hydrogen-bond donors (Lipinski definition) is 1. The number of rotatable bonds is 8. The van der Waals surface area contributed by atoms with Crippen molar-refractivity contribution in [1.29, 1.82) is 0 Å². The summed E-state index contributed by atoms with van der Waals surface area (Å²) in [6.07, 6.45) is 0.0195. The lowest BCUT2D eigenvalue weighted by atomic mass is 10.1. The molecule has 1 saturated heterocycles. The van der Waals surface area contributed by atoms with E-state index in [4.69, 9.17) is 14.2 Å². The Morgan fingerprint density at radius 1 is 1.10 bits per heavy atom. The van der Waals surface area contributed by atoms with Gasteiger partial charge in [-0.2, -0.15) is 0 Å². The SMILES string of the molecule is CCOc1ccccc1NC(=O)COC(=O)[C@@H]1CC(=O)N(c2ccccc2OC)C1. The standard InChI is InChI=1S/C22H24N2O6/c1-3-29-18-10-6-4-8-16(18)23-20(25)14-30-22(27)15-12-21(26)24(13-15)17-9-5-7-11-19(17)28-2/h4-11,15H,3,12-14H2,1-2H3,(H,23,25)/t15-/m1/s1. The van der Waals surface area contributed by atoms with Gasteiger partial charge in [0.2, 0.25) is 5.91 Å². The Labute approximate surface area is 174 Å². The van der Waals surface area contributed by atoms with Crippen LogP contribution in [0.2, 0.25) is 0 Å².